The lowest BCUT2D eigenvalue weighted by Gasteiger charge is -2.03. The van der Waals surface area contributed by atoms with Crippen molar-refractivity contribution in [3.63, 3.8) is 0 Å². The van der Waals surface area contributed by atoms with E-state index in [2.05, 4.69) is 32.5 Å². The maximum Gasteiger partial charge on any atom is 0.111 e. The van der Waals surface area contributed by atoms with Gasteiger partial charge in [0, 0.05) is 22.3 Å². The van der Waals surface area contributed by atoms with Gasteiger partial charge in [0.05, 0.1) is 11.4 Å². The summed E-state index contributed by atoms with van der Waals surface area (Å²) in [6.07, 6.45) is 0. The second kappa shape index (κ2) is 8.06. The lowest BCUT2D eigenvalue weighted by molar-refractivity contribution is 1.10. The van der Waals surface area contributed by atoms with Crippen molar-refractivity contribution in [2.24, 2.45) is 0 Å². The minimum Gasteiger partial charge on any atom is -0.276 e. The molecular weight excluding hydrogens is 396 g/mol. The van der Waals surface area contributed by atoms with Crippen LogP contribution in [-0.4, -0.2) is 20.4 Å². The summed E-state index contributed by atoms with van der Waals surface area (Å²) >= 11 is 0. The van der Waals surface area contributed by atoms with Crippen molar-refractivity contribution < 1.29 is 0 Å². The Kier molecular flexibility index (Phi) is 4.80. The van der Waals surface area contributed by atoms with Gasteiger partial charge in [-0.1, -0.05) is 78.9 Å². The quantitative estimate of drug-likeness (QED) is 0.404. The van der Waals surface area contributed by atoms with Crippen LogP contribution in [0, 0.1) is 22.7 Å². The van der Waals surface area contributed by atoms with Crippen molar-refractivity contribution in [1.29, 1.82) is 10.5 Å². The molecule has 6 heteroatoms. The van der Waals surface area contributed by atoms with E-state index in [-0.39, 0.29) is 0 Å². The molecule has 0 aliphatic heterocycles. The van der Waals surface area contributed by atoms with Crippen molar-refractivity contribution in [1.82, 2.24) is 20.4 Å². The van der Waals surface area contributed by atoms with Crippen molar-refractivity contribution in [3.05, 3.63) is 96.1 Å². The Balaban J connectivity index is 1.60. The van der Waals surface area contributed by atoms with Gasteiger partial charge in [0.15, 0.2) is 0 Å². The number of aromatic amines is 2. The third-order valence-corrected chi connectivity index (χ3v) is 5.29. The molecule has 2 N–H and O–H groups in total. The second-order valence-corrected chi connectivity index (χ2v) is 7.18. The predicted molar refractivity (Wildman–Crippen MR) is 122 cm³/mol. The summed E-state index contributed by atoms with van der Waals surface area (Å²) in [7, 11) is 0. The summed E-state index contributed by atoms with van der Waals surface area (Å²) in [5.74, 6) is 0. The third-order valence-electron chi connectivity index (χ3n) is 5.29. The van der Waals surface area contributed by atoms with E-state index >= 15 is 0 Å². The molecule has 0 atom stereocenters. The van der Waals surface area contributed by atoms with E-state index in [9.17, 15) is 10.5 Å². The summed E-state index contributed by atoms with van der Waals surface area (Å²) in [4.78, 5) is 0. The number of aromatic nitrogens is 4. The molecule has 0 aliphatic rings. The van der Waals surface area contributed by atoms with E-state index in [1.165, 1.54) is 0 Å². The van der Waals surface area contributed by atoms with Crippen molar-refractivity contribution in [3.8, 4) is 57.2 Å². The largest absolute Gasteiger partial charge is 0.276 e. The fourth-order valence-corrected chi connectivity index (χ4v) is 3.76. The summed E-state index contributed by atoms with van der Waals surface area (Å²) in [5.41, 5.74) is 6.75. The van der Waals surface area contributed by atoms with Crippen LogP contribution < -0.4 is 0 Å². The van der Waals surface area contributed by atoms with Gasteiger partial charge in [-0.25, -0.2) is 0 Å². The Hall–Kier alpha value is -4.94. The number of hydrogen-bond acceptors (Lipinski definition) is 4. The molecule has 2 aromatic heterocycles. The molecule has 0 saturated heterocycles. The summed E-state index contributed by atoms with van der Waals surface area (Å²) < 4.78 is 0. The molecule has 6 nitrogen and oxygen atoms in total. The molecule has 0 fully saturated rings. The fraction of sp³-hybridized carbons (Fsp3) is 0. The molecule has 0 amide bonds. The van der Waals surface area contributed by atoms with Crippen molar-refractivity contribution in [2.45, 2.75) is 0 Å². The average molecular weight is 412 g/mol. The summed E-state index contributed by atoms with van der Waals surface area (Å²) in [6.45, 7) is 0. The fourth-order valence-electron chi connectivity index (χ4n) is 3.76. The van der Waals surface area contributed by atoms with E-state index < -0.39 is 0 Å². The first-order chi connectivity index (χ1) is 15.8. The van der Waals surface area contributed by atoms with Gasteiger partial charge in [-0.3, -0.25) is 10.2 Å². The Labute approximate surface area is 184 Å². The van der Waals surface area contributed by atoms with Crippen LogP contribution in [0.3, 0.4) is 0 Å². The predicted octanol–water partition coefficient (Wildman–Crippen LogP) is 5.54. The highest BCUT2D eigenvalue weighted by Gasteiger charge is 2.19. The van der Waals surface area contributed by atoms with Gasteiger partial charge in [-0.05, 0) is 6.07 Å². The SMILES string of the molecule is N#Cc1c(-c2cccc(-c3n[nH]c(-c4ccccc4)c3C#N)c2)n[nH]c1-c1ccccc1. The molecular formula is C26H16N6. The molecule has 150 valence electrons. The lowest BCUT2D eigenvalue weighted by atomic mass is 9.98. The molecule has 2 heterocycles. The number of H-pyrrole nitrogens is 2. The molecule has 5 rings (SSSR count). The van der Waals surface area contributed by atoms with Gasteiger partial charge in [0.25, 0.3) is 0 Å². The zero-order valence-corrected chi connectivity index (χ0v) is 16.9. The van der Waals surface area contributed by atoms with E-state index in [1.54, 1.807) is 0 Å². The van der Waals surface area contributed by atoms with Crippen LogP contribution in [-0.2, 0) is 0 Å². The monoisotopic (exact) mass is 412 g/mol. The topological polar surface area (TPSA) is 105 Å². The van der Waals surface area contributed by atoms with Crippen LogP contribution in [0.2, 0.25) is 0 Å². The first-order valence-electron chi connectivity index (χ1n) is 9.98. The highest BCUT2D eigenvalue weighted by Crippen LogP contribution is 2.34. The van der Waals surface area contributed by atoms with Gasteiger partial charge >= 0.3 is 0 Å². The number of benzene rings is 3. The van der Waals surface area contributed by atoms with E-state index in [4.69, 9.17) is 0 Å². The van der Waals surface area contributed by atoms with Gasteiger partial charge in [-0.2, -0.15) is 20.7 Å². The number of rotatable bonds is 4. The lowest BCUT2D eigenvalue weighted by Crippen LogP contribution is -1.87. The Morgan fingerprint density at radius 3 is 1.34 bits per heavy atom. The van der Waals surface area contributed by atoms with Crippen LogP contribution in [0.1, 0.15) is 11.1 Å². The number of nitrogens with zero attached hydrogens (tertiary/aromatic N) is 4. The molecule has 5 aromatic rings. The Bertz CT molecular complexity index is 1370. The highest BCUT2D eigenvalue weighted by molar-refractivity contribution is 5.82. The van der Waals surface area contributed by atoms with Gasteiger partial charge in [0.2, 0.25) is 0 Å². The van der Waals surface area contributed by atoms with Crippen molar-refractivity contribution >= 4 is 0 Å². The zero-order valence-electron chi connectivity index (χ0n) is 16.9. The molecule has 3 aromatic carbocycles. The zero-order chi connectivity index (χ0) is 21.9. The number of hydrogen-bond donors (Lipinski definition) is 2. The van der Waals surface area contributed by atoms with Gasteiger partial charge in [0.1, 0.15) is 34.7 Å². The van der Waals surface area contributed by atoms with Crippen LogP contribution in [0.5, 0.6) is 0 Å². The van der Waals surface area contributed by atoms with Crippen molar-refractivity contribution in [2.75, 3.05) is 0 Å². The molecule has 0 bridgehead atoms. The summed E-state index contributed by atoms with van der Waals surface area (Å²) in [6, 6.07) is 31.4. The molecule has 32 heavy (non-hydrogen) atoms. The normalized spacial score (nSPS) is 10.4. The maximum atomic E-state index is 9.84. The molecule has 0 spiro atoms. The average Bonchev–Trinajstić information content (AvgIpc) is 3.49. The van der Waals surface area contributed by atoms with Gasteiger partial charge in [-0.15, -0.1) is 0 Å². The maximum absolute atomic E-state index is 9.84. The first-order valence-corrected chi connectivity index (χ1v) is 9.98. The first kappa shape index (κ1) is 19.0. The number of nitrogens with one attached hydrogen (secondary N) is 2. The number of nitriles is 2. The second-order valence-electron chi connectivity index (χ2n) is 7.18. The minimum absolute atomic E-state index is 0.473. The molecule has 0 aliphatic carbocycles. The standard InChI is InChI=1S/C26H16N6/c27-15-21-23(17-8-3-1-4-9-17)29-31-25(21)19-12-7-13-20(14-19)26-22(16-28)24(30-32-26)18-10-5-2-6-11-18/h1-14H,(H,29,31)(H,30,32). The van der Waals surface area contributed by atoms with Gasteiger partial charge < -0.3 is 0 Å². The molecule has 0 radical (unpaired) electrons. The molecule has 0 saturated carbocycles. The van der Waals surface area contributed by atoms with Crippen LogP contribution in [0.25, 0.3) is 45.0 Å². The van der Waals surface area contributed by atoms with E-state index in [0.717, 1.165) is 22.3 Å². The Morgan fingerprint density at radius 2 is 0.938 bits per heavy atom. The van der Waals surface area contributed by atoms with Crippen LogP contribution in [0.4, 0.5) is 0 Å². The van der Waals surface area contributed by atoms with E-state index in [1.807, 2.05) is 84.9 Å². The molecule has 0 unspecified atom stereocenters. The highest BCUT2D eigenvalue weighted by atomic mass is 15.1. The van der Waals surface area contributed by atoms with Crippen LogP contribution >= 0.6 is 0 Å². The third kappa shape index (κ3) is 3.23. The van der Waals surface area contributed by atoms with E-state index in [0.29, 0.717) is 33.9 Å². The Morgan fingerprint density at radius 1 is 0.531 bits per heavy atom. The minimum atomic E-state index is 0.473. The smallest absolute Gasteiger partial charge is 0.111 e. The summed E-state index contributed by atoms with van der Waals surface area (Å²) in [5, 5.41) is 34.5. The van der Waals surface area contributed by atoms with Crippen LogP contribution in [0.15, 0.2) is 84.9 Å².